The first-order valence-corrected chi connectivity index (χ1v) is 5.95. The molecule has 0 saturated carbocycles. The molecule has 19 heavy (non-hydrogen) atoms. The van der Waals surface area contributed by atoms with Gasteiger partial charge in [-0.3, -0.25) is 0 Å². The summed E-state index contributed by atoms with van der Waals surface area (Å²) in [5.74, 6) is 0.278. The minimum Gasteiger partial charge on any atom is -0.507 e. The van der Waals surface area contributed by atoms with E-state index < -0.39 is 0 Å². The number of benzene rings is 3. The second-order valence-electron chi connectivity index (χ2n) is 4.13. The summed E-state index contributed by atoms with van der Waals surface area (Å²) < 4.78 is 0. The van der Waals surface area contributed by atoms with Crippen LogP contribution in [0.1, 0.15) is 0 Å². The maximum Gasteiger partial charge on any atom is 0.123 e. The number of nitrogens with two attached hydrogens (primary N) is 2. The Balaban J connectivity index is 0.000000163. The largest absolute Gasteiger partial charge is 0.507 e. The third-order valence-electron chi connectivity index (χ3n) is 2.73. The van der Waals surface area contributed by atoms with Crippen LogP contribution in [-0.4, -0.2) is 5.11 Å². The quantitative estimate of drug-likeness (QED) is 0.537. The van der Waals surface area contributed by atoms with Gasteiger partial charge in [-0.25, -0.2) is 0 Å². The molecule has 3 rings (SSSR count). The number of para-hydroxylation sites is 1. The highest BCUT2D eigenvalue weighted by Gasteiger charge is 1.99. The standard InChI is InChI=1S/C10H9NO.C6H7N/c11-9-5-1-4-8-7(9)3-2-6-10(8)12;7-6-4-2-1-3-5-6/h1-6,12H,11H2;1-5H,7H2. The van der Waals surface area contributed by atoms with E-state index in [1.807, 2.05) is 54.6 Å². The molecule has 3 aromatic carbocycles. The molecule has 0 aliphatic rings. The van der Waals surface area contributed by atoms with Crippen molar-refractivity contribution in [1.29, 1.82) is 0 Å². The lowest BCUT2D eigenvalue weighted by molar-refractivity contribution is 0.481. The van der Waals surface area contributed by atoms with Gasteiger partial charge in [0.05, 0.1) is 0 Å². The van der Waals surface area contributed by atoms with E-state index in [9.17, 15) is 5.11 Å². The van der Waals surface area contributed by atoms with E-state index in [4.69, 9.17) is 11.5 Å². The van der Waals surface area contributed by atoms with Gasteiger partial charge in [-0.15, -0.1) is 0 Å². The van der Waals surface area contributed by atoms with Crippen LogP contribution in [0.2, 0.25) is 0 Å². The number of nitrogen functional groups attached to an aromatic ring is 2. The smallest absolute Gasteiger partial charge is 0.123 e. The lowest BCUT2D eigenvalue weighted by Gasteiger charge is -2.02. The minimum absolute atomic E-state index is 0.278. The first-order valence-electron chi connectivity index (χ1n) is 5.95. The second-order valence-corrected chi connectivity index (χ2v) is 4.13. The maximum atomic E-state index is 9.44. The monoisotopic (exact) mass is 252 g/mol. The summed E-state index contributed by atoms with van der Waals surface area (Å²) >= 11 is 0. The molecule has 0 amide bonds. The predicted molar refractivity (Wildman–Crippen MR) is 80.9 cm³/mol. The lowest BCUT2D eigenvalue weighted by atomic mass is 10.1. The van der Waals surface area contributed by atoms with Crippen LogP contribution >= 0.6 is 0 Å². The van der Waals surface area contributed by atoms with Crippen molar-refractivity contribution < 1.29 is 5.11 Å². The van der Waals surface area contributed by atoms with Crippen LogP contribution in [0, 0.1) is 0 Å². The van der Waals surface area contributed by atoms with Crippen molar-refractivity contribution in [2.24, 2.45) is 0 Å². The van der Waals surface area contributed by atoms with Gasteiger partial charge < -0.3 is 16.6 Å². The molecule has 5 N–H and O–H groups in total. The zero-order valence-corrected chi connectivity index (χ0v) is 10.5. The molecule has 0 atom stereocenters. The van der Waals surface area contributed by atoms with Crippen LogP contribution in [0.25, 0.3) is 10.8 Å². The summed E-state index contributed by atoms with van der Waals surface area (Å²) in [5.41, 5.74) is 12.6. The number of aromatic hydroxyl groups is 1. The molecule has 0 aromatic heterocycles. The van der Waals surface area contributed by atoms with Gasteiger partial charge in [0, 0.05) is 22.1 Å². The number of fused-ring (bicyclic) bond motifs is 1. The Morgan fingerprint density at radius 2 is 1.26 bits per heavy atom. The number of anilines is 2. The molecule has 3 nitrogen and oxygen atoms in total. The van der Waals surface area contributed by atoms with Crippen molar-refractivity contribution in [2.45, 2.75) is 0 Å². The molecule has 0 aliphatic heterocycles. The molecule has 0 unspecified atom stereocenters. The number of hydrogen-bond donors (Lipinski definition) is 3. The summed E-state index contributed by atoms with van der Waals surface area (Å²) in [6.07, 6.45) is 0. The highest BCUT2D eigenvalue weighted by Crippen LogP contribution is 2.27. The van der Waals surface area contributed by atoms with Gasteiger partial charge in [-0.05, 0) is 24.3 Å². The summed E-state index contributed by atoms with van der Waals surface area (Å²) in [4.78, 5) is 0. The van der Waals surface area contributed by atoms with Crippen molar-refractivity contribution in [3.63, 3.8) is 0 Å². The first-order chi connectivity index (χ1) is 9.18. The van der Waals surface area contributed by atoms with Crippen molar-refractivity contribution in [1.82, 2.24) is 0 Å². The average molecular weight is 252 g/mol. The van der Waals surface area contributed by atoms with Gasteiger partial charge in [-0.2, -0.15) is 0 Å². The summed E-state index contributed by atoms with van der Waals surface area (Å²) in [6.45, 7) is 0. The molecule has 0 spiro atoms. The molecule has 3 heteroatoms. The highest BCUT2D eigenvalue weighted by atomic mass is 16.3. The number of phenols is 1. The van der Waals surface area contributed by atoms with Crippen LogP contribution in [0.3, 0.4) is 0 Å². The molecule has 0 saturated heterocycles. The van der Waals surface area contributed by atoms with Crippen LogP contribution in [-0.2, 0) is 0 Å². The van der Waals surface area contributed by atoms with Gasteiger partial charge in [0.25, 0.3) is 0 Å². The van der Waals surface area contributed by atoms with Crippen LogP contribution in [0.15, 0.2) is 66.7 Å². The Labute approximate surface area is 112 Å². The van der Waals surface area contributed by atoms with Gasteiger partial charge in [0.2, 0.25) is 0 Å². The van der Waals surface area contributed by atoms with E-state index in [1.54, 1.807) is 12.1 Å². The summed E-state index contributed by atoms with van der Waals surface area (Å²) in [5, 5.41) is 11.1. The Morgan fingerprint density at radius 3 is 1.84 bits per heavy atom. The average Bonchev–Trinajstić information content (AvgIpc) is 2.42. The van der Waals surface area contributed by atoms with Crippen molar-refractivity contribution in [2.75, 3.05) is 11.5 Å². The number of phenolic OH excluding ortho intramolecular Hbond substituents is 1. The van der Waals surface area contributed by atoms with Crippen molar-refractivity contribution >= 4 is 22.1 Å². The van der Waals surface area contributed by atoms with Gasteiger partial charge in [-0.1, -0.05) is 42.5 Å². The fourth-order valence-electron chi connectivity index (χ4n) is 1.77. The molecule has 0 radical (unpaired) electrons. The third kappa shape index (κ3) is 3.16. The topological polar surface area (TPSA) is 72.3 Å². The number of rotatable bonds is 0. The van der Waals surface area contributed by atoms with E-state index in [0.717, 1.165) is 16.5 Å². The van der Waals surface area contributed by atoms with E-state index in [1.165, 1.54) is 0 Å². The molecule has 0 bridgehead atoms. The first kappa shape index (κ1) is 12.8. The normalized spacial score (nSPS) is 9.68. The highest BCUT2D eigenvalue weighted by molar-refractivity contribution is 5.96. The third-order valence-corrected chi connectivity index (χ3v) is 2.73. The zero-order chi connectivity index (χ0) is 13.7. The SMILES string of the molecule is Nc1cccc2c(O)cccc12.Nc1ccccc1. The van der Waals surface area contributed by atoms with E-state index in [2.05, 4.69) is 0 Å². The summed E-state index contributed by atoms with van der Waals surface area (Å²) in [7, 11) is 0. The van der Waals surface area contributed by atoms with Crippen LogP contribution in [0.4, 0.5) is 11.4 Å². The Morgan fingerprint density at radius 1 is 0.632 bits per heavy atom. The molecular formula is C16H16N2O. The maximum absolute atomic E-state index is 9.44. The molecule has 0 heterocycles. The Hall–Kier alpha value is -2.68. The second kappa shape index (κ2) is 5.78. The van der Waals surface area contributed by atoms with Gasteiger partial charge in [0.1, 0.15) is 5.75 Å². The fourth-order valence-corrected chi connectivity index (χ4v) is 1.77. The van der Waals surface area contributed by atoms with Crippen LogP contribution in [0.5, 0.6) is 5.75 Å². The van der Waals surface area contributed by atoms with Gasteiger partial charge in [0.15, 0.2) is 0 Å². The zero-order valence-electron chi connectivity index (χ0n) is 10.5. The Kier molecular flexibility index (Phi) is 3.88. The molecule has 96 valence electrons. The van der Waals surface area contributed by atoms with Crippen LogP contribution < -0.4 is 11.5 Å². The minimum atomic E-state index is 0.278. The molecule has 0 fully saturated rings. The van der Waals surface area contributed by atoms with Gasteiger partial charge >= 0.3 is 0 Å². The molecule has 3 aromatic rings. The van der Waals surface area contributed by atoms with E-state index in [0.29, 0.717) is 5.69 Å². The van der Waals surface area contributed by atoms with E-state index in [-0.39, 0.29) is 5.75 Å². The molecule has 0 aliphatic carbocycles. The lowest BCUT2D eigenvalue weighted by Crippen LogP contribution is -1.85. The predicted octanol–water partition coefficient (Wildman–Crippen LogP) is 3.40. The summed E-state index contributed by atoms with van der Waals surface area (Å²) in [6, 6.07) is 20.3. The van der Waals surface area contributed by atoms with Crippen molar-refractivity contribution in [3.8, 4) is 5.75 Å². The van der Waals surface area contributed by atoms with Crippen molar-refractivity contribution in [3.05, 3.63) is 66.7 Å². The molecular weight excluding hydrogens is 236 g/mol. The van der Waals surface area contributed by atoms with E-state index >= 15 is 0 Å². The Bertz CT molecular complexity index is 625. The fraction of sp³-hybridized carbons (Fsp3) is 0. The number of hydrogen-bond acceptors (Lipinski definition) is 3.